The summed E-state index contributed by atoms with van der Waals surface area (Å²) in [6.45, 7) is 3.10. The number of piperazine rings is 1. The van der Waals surface area contributed by atoms with Crippen molar-refractivity contribution in [2.45, 2.75) is 24.9 Å². The van der Waals surface area contributed by atoms with Crippen LogP contribution in [0.5, 0.6) is 0 Å². The van der Waals surface area contributed by atoms with Gasteiger partial charge < -0.3 is 30.3 Å². The molecule has 59 heavy (non-hydrogen) atoms. The Balaban J connectivity index is 0.000000241. The Labute approximate surface area is 367 Å². The van der Waals surface area contributed by atoms with Gasteiger partial charge in [0.1, 0.15) is 17.9 Å². The number of carboxylic acids is 1. The summed E-state index contributed by atoms with van der Waals surface area (Å²) in [5.74, 6) is -3.25. The van der Waals surface area contributed by atoms with E-state index >= 15 is 0 Å². The first-order valence-corrected chi connectivity index (χ1v) is 20.2. The second-order valence-electron chi connectivity index (χ2n) is 12.9. The van der Waals surface area contributed by atoms with Crippen LogP contribution in [0.1, 0.15) is 32.1 Å². The molecule has 0 radical (unpaired) electrons. The fourth-order valence-corrected chi connectivity index (χ4v) is 7.34. The molecule has 3 aromatic carbocycles. The Morgan fingerprint density at radius 3 is 1.58 bits per heavy atom. The summed E-state index contributed by atoms with van der Waals surface area (Å²) in [7, 11) is 1.25. The summed E-state index contributed by atoms with van der Waals surface area (Å²) in [5.41, 5.74) is 3.20. The van der Waals surface area contributed by atoms with Gasteiger partial charge in [-0.15, -0.1) is 0 Å². The van der Waals surface area contributed by atoms with Gasteiger partial charge in [-0.05, 0) is 88.7 Å². The van der Waals surface area contributed by atoms with Gasteiger partial charge in [0.2, 0.25) is 0 Å². The second kappa shape index (κ2) is 21.3. The number of aliphatic carboxylic acids is 1. The van der Waals surface area contributed by atoms with Crippen LogP contribution >= 0.6 is 62.3 Å². The van der Waals surface area contributed by atoms with E-state index in [4.69, 9.17) is 51.1 Å². The van der Waals surface area contributed by atoms with E-state index < -0.39 is 35.8 Å². The van der Waals surface area contributed by atoms with Crippen LogP contribution in [0.25, 0.3) is 0 Å². The lowest BCUT2D eigenvalue weighted by molar-refractivity contribution is -0.143. The highest BCUT2D eigenvalue weighted by Gasteiger charge is 2.27. The molecule has 0 saturated carbocycles. The topological polar surface area (TPSA) is 154 Å². The number of nitrogens with one attached hydrogen (secondary N) is 2. The van der Waals surface area contributed by atoms with Gasteiger partial charge in [0, 0.05) is 66.8 Å². The first kappa shape index (κ1) is 45.1. The van der Waals surface area contributed by atoms with Crippen molar-refractivity contribution >= 4 is 97.5 Å². The molecule has 1 saturated heterocycles. The molecule has 12 nitrogen and oxygen atoms in total. The van der Waals surface area contributed by atoms with Gasteiger partial charge in [0.05, 0.1) is 50.2 Å². The Kier molecular flexibility index (Phi) is 16.3. The summed E-state index contributed by atoms with van der Waals surface area (Å²) in [5, 5.41) is 15.4. The van der Waals surface area contributed by atoms with Crippen molar-refractivity contribution in [3.63, 3.8) is 0 Å². The highest BCUT2D eigenvalue weighted by Crippen LogP contribution is 2.26. The second-order valence-corrected chi connectivity index (χ2v) is 15.5. The molecule has 2 amide bonds. The van der Waals surface area contributed by atoms with E-state index in [9.17, 15) is 28.7 Å². The molecule has 0 spiro atoms. The monoisotopic (exact) mass is 946 g/mol. The number of carbonyl (C=O) groups is 4. The number of methoxy groups -OCH3 is 1. The van der Waals surface area contributed by atoms with Crippen molar-refractivity contribution < 1.29 is 33.4 Å². The van der Waals surface area contributed by atoms with Crippen molar-refractivity contribution in [1.29, 1.82) is 0 Å². The zero-order valence-corrected chi connectivity index (χ0v) is 35.8. The number of hydrogen-bond donors (Lipinski definition) is 3. The molecule has 1 fully saturated rings. The first-order valence-electron chi connectivity index (χ1n) is 17.8. The van der Waals surface area contributed by atoms with Crippen molar-refractivity contribution in [1.82, 2.24) is 20.6 Å². The van der Waals surface area contributed by atoms with Gasteiger partial charge in [0.25, 0.3) is 11.8 Å². The lowest BCUT2D eigenvalue weighted by Gasteiger charge is -2.37. The van der Waals surface area contributed by atoms with Gasteiger partial charge in [-0.25, -0.2) is 14.0 Å². The molecule has 3 N–H and O–H groups in total. The van der Waals surface area contributed by atoms with Crippen LogP contribution in [-0.2, 0) is 27.2 Å². The van der Waals surface area contributed by atoms with Crippen LogP contribution in [-0.4, -0.2) is 84.2 Å². The molecule has 0 aliphatic carbocycles. The molecule has 5 aromatic rings. The highest BCUT2D eigenvalue weighted by molar-refractivity contribution is 9.10. The maximum atomic E-state index is 13.2. The molecule has 3 heterocycles. The van der Waals surface area contributed by atoms with E-state index in [1.54, 1.807) is 67.0 Å². The number of pyridine rings is 2. The van der Waals surface area contributed by atoms with E-state index in [0.29, 0.717) is 11.4 Å². The zero-order chi connectivity index (χ0) is 42.6. The van der Waals surface area contributed by atoms with Crippen molar-refractivity contribution in [3.8, 4) is 0 Å². The summed E-state index contributed by atoms with van der Waals surface area (Å²) in [6, 6.07) is 20.9. The van der Waals surface area contributed by atoms with Gasteiger partial charge in [-0.3, -0.25) is 19.6 Å². The van der Waals surface area contributed by atoms with Crippen LogP contribution in [0.4, 0.5) is 15.8 Å². The Hall–Kier alpha value is -4.99. The van der Waals surface area contributed by atoms with Gasteiger partial charge >= 0.3 is 11.9 Å². The normalized spacial score (nSPS) is 13.3. The third-order valence-electron chi connectivity index (χ3n) is 9.03. The summed E-state index contributed by atoms with van der Waals surface area (Å²) < 4.78 is 18.7. The van der Waals surface area contributed by atoms with Crippen molar-refractivity contribution in [2.24, 2.45) is 0 Å². The lowest BCUT2D eigenvalue weighted by atomic mass is 10.1. The lowest BCUT2D eigenvalue weighted by Crippen LogP contribution is -2.46. The minimum atomic E-state index is -1.20. The van der Waals surface area contributed by atoms with E-state index in [1.807, 2.05) is 6.07 Å². The maximum Gasteiger partial charge on any atom is 0.328 e. The fourth-order valence-electron chi connectivity index (χ4n) is 5.97. The number of ether oxygens (including phenoxy) is 1. The van der Waals surface area contributed by atoms with Crippen molar-refractivity contribution in [3.05, 3.63) is 150 Å². The van der Waals surface area contributed by atoms with E-state index in [-0.39, 0.29) is 49.9 Å². The number of carboxylic acid groups (broad SMARTS) is 1. The number of carbonyl (C=O) groups excluding carboxylic acids is 3. The number of anilines is 2. The zero-order valence-electron chi connectivity index (χ0n) is 31.2. The molecule has 6 rings (SSSR count). The van der Waals surface area contributed by atoms with Gasteiger partial charge in [-0.2, -0.15) is 0 Å². The average molecular weight is 949 g/mol. The number of esters is 1. The Morgan fingerprint density at radius 2 is 1.14 bits per heavy atom. The molecule has 2 aromatic heterocycles. The molecular formula is C41H36BrCl4FN6O6. The van der Waals surface area contributed by atoms with Crippen molar-refractivity contribution in [2.75, 3.05) is 43.1 Å². The number of rotatable bonds is 12. The molecule has 308 valence electrons. The number of amides is 2. The quantitative estimate of drug-likeness (QED) is 0.105. The maximum absolute atomic E-state index is 13.2. The number of hydrogen-bond acceptors (Lipinski definition) is 9. The van der Waals surface area contributed by atoms with Gasteiger partial charge in [0.15, 0.2) is 0 Å². The van der Waals surface area contributed by atoms with Crippen LogP contribution < -0.4 is 20.4 Å². The third kappa shape index (κ3) is 12.5. The number of halogens is 6. The smallest absolute Gasteiger partial charge is 0.328 e. The molecule has 2 atom stereocenters. The first-order chi connectivity index (χ1) is 28.2. The minimum absolute atomic E-state index is 0.00176. The summed E-state index contributed by atoms with van der Waals surface area (Å²) >= 11 is 27.4. The van der Waals surface area contributed by atoms with E-state index in [0.717, 1.165) is 42.0 Å². The predicted molar refractivity (Wildman–Crippen MR) is 229 cm³/mol. The average Bonchev–Trinajstić information content (AvgIpc) is 3.21. The molecule has 1 aliphatic heterocycles. The summed E-state index contributed by atoms with van der Waals surface area (Å²) in [4.78, 5) is 61.8. The molecule has 0 unspecified atom stereocenters. The highest BCUT2D eigenvalue weighted by atomic mass is 79.9. The Morgan fingerprint density at radius 1 is 0.695 bits per heavy atom. The number of benzene rings is 3. The molecule has 1 aliphatic rings. The third-order valence-corrected chi connectivity index (χ3v) is 10.8. The predicted octanol–water partition coefficient (Wildman–Crippen LogP) is 7.94. The molecule has 0 bridgehead atoms. The van der Waals surface area contributed by atoms with E-state index in [2.05, 4.69) is 46.3 Å². The standard InChI is InChI=1S/C25H23Cl2FN4O3.C16H13BrCl2N2O3/c26-20-2-1-3-21(27)23(20)24(33)30-22(25(34)35)14-17-6-9-19(15-29-17)32-12-10-31(11-13-32)18-7-4-16(28)5-8-18;1-24-16(23)13(7-10-6-5-9(17)8-20-10)21-15(22)14-11(18)3-2-4-12(14)19/h1-9,15,22H,10-14H2,(H,30,33)(H,34,35);2-6,8,13H,7H2,1H3,(H,21,22)/t22-;13-/m00/s1. The summed E-state index contributed by atoms with van der Waals surface area (Å²) in [6.07, 6.45) is 3.49. The van der Waals surface area contributed by atoms with Crippen LogP contribution in [0.3, 0.4) is 0 Å². The SMILES string of the molecule is COC(=O)[C@H](Cc1ccc(Br)cn1)NC(=O)c1c(Cl)cccc1Cl.O=C(N[C@@H](Cc1ccc(N2CCN(c3ccc(F)cc3)CC2)cn1)C(=O)O)c1c(Cl)cccc1Cl. The van der Waals surface area contributed by atoms with Crippen LogP contribution in [0, 0.1) is 5.82 Å². The largest absolute Gasteiger partial charge is 0.480 e. The van der Waals surface area contributed by atoms with Gasteiger partial charge in [-0.1, -0.05) is 58.5 Å². The minimum Gasteiger partial charge on any atom is -0.480 e. The Bertz CT molecular complexity index is 2230. The van der Waals surface area contributed by atoms with Crippen LogP contribution in [0.15, 0.2) is 102 Å². The number of nitrogens with zero attached hydrogens (tertiary/aromatic N) is 4. The molecular weight excluding hydrogens is 913 g/mol. The fraction of sp³-hybridized carbons (Fsp3) is 0.220. The van der Waals surface area contributed by atoms with E-state index in [1.165, 1.54) is 31.4 Å². The number of aromatic nitrogens is 2. The van der Waals surface area contributed by atoms with Crippen LogP contribution in [0.2, 0.25) is 20.1 Å². The molecule has 18 heteroatoms.